The molecule has 3 aromatic rings. The van der Waals surface area contributed by atoms with Crippen LogP contribution in [0.5, 0.6) is 0 Å². The first-order valence-electron chi connectivity index (χ1n) is 6.95. The van der Waals surface area contributed by atoms with Gasteiger partial charge in [-0.3, -0.25) is 14.8 Å². The van der Waals surface area contributed by atoms with E-state index >= 15 is 0 Å². The molecule has 0 radical (unpaired) electrons. The summed E-state index contributed by atoms with van der Waals surface area (Å²) in [5.74, 6) is -0.476. The van der Waals surface area contributed by atoms with Crippen LogP contribution in [0.3, 0.4) is 0 Å². The Morgan fingerprint density at radius 3 is 2.36 bits per heavy atom. The van der Waals surface area contributed by atoms with Gasteiger partial charge in [0.2, 0.25) is 0 Å². The second-order valence-corrected chi connectivity index (χ2v) is 4.96. The van der Waals surface area contributed by atoms with Crippen molar-refractivity contribution < 1.29 is 4.79 Å². The highest BCUT2D eigenvalue weighted by atomic mass is 16.1. The van der Waals surface area contributed by atoms with E-state index in [4.69, 9.17) is 5.73 Å². The van der Waals surface area contributed by atoms with Gasteiger partial charge in [0, 0.05) is 6.20 Å². The molecule has 1 aromatic carbocycles. The van der Waals surface area contributed by atoms with Gasteiger partial charge in [-0.15, -0.1) is 0 Å². The van der Waals surface area contributed by atoms with Gasteiger partial charge in [-0.05, 0) is 36.2 Å². The van der Waals surface area contributed by atoms with Crippen LogP contribution < -0.4 is 5.73 Å². The Labute approximate surface area is 128 Å². The lowest BCUT2D eigenvalue weighted by atomic mass is 9.97. The standard InChI is InChI=1S/C18H15N3O/c1-12-17(18(19)22)14(13-7-3-2-4-8-13)11-16(21-12)15-9-5-6-10-20-15/h2-11H,1H3,(H2,19,22). The predicted molar refractivity (Wildman–Crippen MR) is 86.2 cm³/mol. The quantitative estimate of drug-likeness (QED) is 0.805. The first-order chi connectivity index (χ1) is 10.7. The number of carbonyl (C=O) groups is 1. The van der Waals surface area contributed by atoms with Crippen molar-refractivity contribution in [3.05, 3.63) is 72.1 Å². The normalized spacial score (nSPS) is 10.4. The van der Waals surface area contributed by atoms with Gasteiger partial charge in [-0.1, -0.05) is 36.4 Å². The maximum Gasteiger partial charge on any atom is 0.251 e. The van der Waals surface area contributed by atoms with Gasteiger partial charge in [0.05, 0.1) is 22.6 Å². The molecule has 0 bridgehead atoms. The van der Waals surface area contributed by atoms with E-state index in [0.717, 1.165) is 22.5 Å². The Kier molecular flexibility index (Phi) is 3.66. The number of hydrogen-bond acceptors (Lipinski definition) is 3. The number of primary amides is 1. The summed E-state index contributed by atoms with van der Waals surface area (Å²) in [5, 5.41) is 0. The molecule has 0 aliphatic carbocycles. The lowest BCUT2D eigenvalue weighted by Crippen LogP contribution is -2.15. The molecule has 0 fully saturated rings. The number of amides is 1. The number of nitrogens with zero attached hydrogens (tertiary/aromatic N) is 2. The lowest BCUT2D eigenvalue weighted by molar-refractivity contribution is 0.1000. The molecule has 2 N–H and O–H groups in total. The van der Waals surface area contributed by atoms with Crippen LogP contribution in [-0.2, 0) is 0 Å². The highest BCUT2D eigenvalue weighted by Gasteiger charge is 2.16. The van der Waals surface area contributed by atoms with E-state index in [1.54, 1.807) is 13.1 Å². The number of aryl methyl sites for hydroxylation is 1. The van der Waals surface area contributed by atoms with Crippen molar-refractivity contribution in [2.24, 2.45) is 5.73 Å². The highest BCUT2D eigenvalue weighted by Crippen LogP contribution is 2.29. The number of benzene rings is 1. The van der Waals surface area contributed by atoms with Crippen LogP contribution in [0.25, 0.3) is 22.5 Å². The van der Waals surface area contributed by atoms with Gasteiger partial charge in [-0.2, -0.15) is 0 Å². The van der Waals surface area contributed by atoms with Crippen molar-refractivity contribution in [1.29, 1.82) is 0 Å². The largest absolute Gasteiger partial charge is 0.366 e. The van der Waals surface area contributed by atoms with Crippen LogP contribution in [0.4, 0.5) is 0 Å². The van der Waals surface area contributed by atoms with E-state index in [2.05, 4.69) is 9.97 Å². The van der Waals surface area contributed by atoms with Gasteiger partial charge in [0.1, 0.15) is 0 Å². The molecule has 4 nitrogen and oxygen atoms in total. The van der Waals surface area contributed by atoms with Gasteiger partial charge in [0.25, 0.3) is 5.91 Å². The first kappa shape index (κ1) is 13.9. The minimum atomic E-state index is -0.476. The number of pyridine rings is 2. The zero-order chi connectivity index (χ0) is 15.5. The molecule has 1 amide bonds. The van der Waals surface area contributed by atoms with Crippen LogP contribution in [0.1, 0.15) is 16.1 Å². The number of rotatable bonds is 3. The molecule has 22 heavy (non-hydrogen) atoms. The van der Waals surface area contributed by atoms with E-state index in [-0.39, 0.29) is 0 Å². The summed E-state index contributed by atoms with van der Waals surface area (Å²) < 4.78 is 0. The Bertz CT molecular complexity index is 814. The topological polar surface area (TPSA) is 68.9 Å². The molecular weight excluding hydrogens is 274 g/mol. The van der Waals surface area contributed by atoms with Gasteiger partial charge >= 0.3 is 0 Å². The van der Waals surface area contributed by atoms with E-state index in [1.165, 1.54) is 0 Å². The van der Waals surface area contributed by atoms with Crippen molar-refractivity contribution in [2.75, 3.05) is 0 Å². The molecule has 2 aromatic heterocycles. The zero-order valence-corrected chi connectivity index (χ0v) is 12.2. The van der Waals surface area contributed by atoms with Crippen LogP contribution in [0.2, 0.25) is 0 Å². The third-order valence-electron chi connectivity index (χ3n) is 3.46. The summed E-state index contributed by atoms with van der Waals surface area (Å²) in [5.41, 5.74) is 9.80. The van der Waals surface area contributed by atoms with Crippen LogP contribution >= 0.6 is 0 Å². The predicted octanol–water partition coefficient (Wildman–Crippen LogP) is 3.22. The van der Waals surface area contributed by atoms with Crippen molar-refractivity contribution in [3.8, 4) is 22.5 Å². The summed E-state index contributed by atoms with van der Waals surface area (Å²) in [7, 11) is 0. The van der Waals surface area contributed by atoms with E-state index < -0.39 is 5.91 Å². The highest BCUT2D eigenvalue weighted by molar-refractivity contribution is 6.01. The van der Waals surface area contributed by atoms with Crippen molar-refractivity contribution in [3.63, 3.8) is 0 Å². The lowest BCUT2D eigenvalue weighted by Gasteiger charge is -2.12. The molecule has 0 aliphatic rings. The summed E-state index contributed by atoms with van der Waals surface area (Å²) >= 11 is 0. The molecule has 108 valence electrons. The Balaban J connectivity index is 2.26. The Morgan fingerprint density at radius 2 is 1.73 bits per heavy atom. The van der Waals surface area contributed by atoms with Crippen LogP contribution in [-0.4, -0.2) is 15.9 Å². The van der Waals surface area contributed by atoms with Crippen molar-refractivity contribution >= 4 is 5.91 Å². The van der Waals surface area contributed by atoms with E-state index in [9.17, 15) is 4.79 Å². The third kappa shape index (κ3) is 2.59. The third-order valence-corrected chi connectivity index (χ3v) is 3.46. The second kappa shape index (κ2) is 5.77. The van der Waals surface area contributed by atoms with Gasteiger partial charge in [-0.25, -0.2) is 0 Å². The molecule has 0 aliphatic heterocycles. The number of carbonyl (C=O) groups excluding carboxylic acids is 1. The van der Waals surface area contributed by atoms with Crippen molar-refractivity contribution in [2.45, 2.75) is 6.92 Å². The Hall–Kier alpha value is -3.01. The molecule has 2 heterocycles. The molecular formula is C18H15N3O. The number of nitrogens with two attached hydrogens (primary N) is 1. The average molecular weight is 289 g/mol. The SMILES string of the molecule is Cc1nc(-c2ccccn2)cc(-c2ccccc2)c1C(N)=O. The maximum absolute atomic E-state index is 11.8. The van der Waals surface area contributed by atoms with Crippen LogP contribution in [0.15, 0.2) is 60.8 Å². The van der Waals surface area contributed by atoms with E-state index in [0.29, 0.717) is 11.3 Å². The monoisotopic (exact) mass is 289 g/mol. The fourth-order valence-electron chi connectivity index (χ4n) is 2.47. The summed E-state index contributed by atoms with van der Waals surface area (Å²) in [6, 6.07) is 17.2. The van der Waals surface area contributed by atoms with E-state index in [1.807, 2.05) is 54.6 Å². The maximum atomic E-state index is 11.8. The summed E-state index contributed by atoms with van der Waals surface area (Å²) in [6.07, 6.45) is 1.72. The molecule has 0 saturated carbocycles. The molecule has 4 heteroatoms. The summed E-state index contributed by atoms with van der Waals surface area (Å²) in [4.78, 5) is 20.6. The smallest absolute Gasteiger partial charge is 0.251 e. The minimum absolute atomic E-state index is 0.450. The number of aromatic nitrogens is 2. The number of hydrogen-bond donors (Lipinski definition) is 1. The fraction of sp³-hybridized carbons (Fsp3) is 0.0556. The molecule has 0 atom stereocenters. The molecule has 3 rings (SSSR count). The molecule has 0 spiro atoms. The second-order valence-electron chi connectivity index (χ2n) is 4.96. The van der Waals surface area contributed by atoms with Gasteiger partial charge < -0.3 is 5.73 Å². The Morgan fingerprint density at radius 1 is 1.00 bits per heavy atom. The average Bonchev–Trinajstić information content (AvgIpc) is 2.55. The first-order valence-corrected chi connectivity index (χ1v) is 6.95. The molecule has 0 unspecified atom stereocenters. The van der Waals surface area contributed by atoms with Crippen LogP contribution in [0, 0.1) is 6.92 Å². The van der Waals surface area contributed by atoms with Crippen molar-refractivity contribution in [1.82, 2.24) is 9.97 Å². The molecule has 0 saturated heterocycles. The minimum Gasteiger partial charge on any atom is -0.366 e. The summed E-state index contributed by atoms with van der Waals surface area (Å²) in [6.45, 7) is 1.79. The van der Waals surface area contributed by atoms with Gasteiger partial charge in [0.15, 0.2) is 0 Å². The fourth-order valence-corrected chi connectivity index (χ4v) is 2.47. The zero-order valence-electron chi connectivity index (χ0n) is 12.2.